The van der Waals surface area contributed by atoms with Gasteiger partial charge in [-0.05, 0) is 47.7 Å². The van der Waals surface area contributed by atoms with Crippen LogP contribution >= 0.6 is 0 Å². The van der Waals surface area contributed by atoms with Crippen LogP contribution in [-0.2, 0) is 12.8 Å². The van der Waals surface area contributed by atoms with Crippen LogP contribution in [0.25, 0.3) is 10.4 Å². The second-order valence-electron chi connectivity index (χ2n) is 4.29. The molecule has 5 nitrogen and oxygen atoms in total. The first-order valence-electron chi connectivity index (χ1n) is 6.14. The lowest BCUT2D eigenvalue weighted by molar-refractivity contribution is 0.0983. The van der Waals surface area contributed by atoms with Gasteiger partial charge >= 0.3 is 0 Å². The van der Waals surface area contributed by atoms with Crippen LogP contribution in [0.1, 0.15) is 45.7 Å². The van der Waals surface area contributed by atoms with Crippen LogP contribution in [-0.4, -0.2) is 11.6 Å². The number of ketones is 2. The van der Waals surface area contributed by atoms with Gasteiger partial charge in [-0.2, -0.15) is 0 Å². The molecule has 0 N–H and O–H groups in total. The molecule has 1 aliphatic carbocycles. The molecule has 1 aromatic rings. The summed E-state index contributed by atoms with van der Waals surface area (Å²) in [6.07, 6.45) is 2.71. The van der Waals surface area contributed by atoms with E-state index in [1.54, 1.807) is 12.1 Å². The van der Waals surface area contributed by atoms with Gasteiger partial charge in [0.2, 0.25) is 0 Å². The van der Waals surface area contributed by atoms with Gasteiger partial charge in [0.1, 0.15) is 0 Å². The van der Waals surface area contributed by atoms with Crippen molar-refractivity contribution < 1.29 is 9.59 Å². The predicted octanol–water partition coefficient (Wildman–Crippen LogP) is 3.38. The van der Waals surface area contributed by atoms with Crippen molar-refractivity contribution in [2.45, 2.75) is 26.7 Å². The largest absolute Gasteiger partial charge is 0.289 e. The summed E-state index contributed by atoms with van der Waals surface area (Å²) in [6.45, 7) is 4.01. The Hall–Kier alpha value is -2.39. The van der Waals surface area contributed by atoms with Crippen molar-refractivity contribution in [3.63, 3.8) is 0 Å². The molecule has 5 heteroatoms. The third-order valence-corrected chi connectivity index (χ3v) is 3.26. The number of Topliss-reactive ketones (excluding diaryl/α,β-unsaturated/α-hetero) is 1. The van der Waals surface area contributed by atoms with Crippen LogP contribution in [0, 0.1) is 0 Å². The molecule has 0 spiro atoms. The first-order chi connectivity index (χ1) is 9.12. The number of allylic oxidation sites excluding steroid dienone is 2. The normalized spacial score (nSPS) is 13.7. The molecule has 0 fully saturated rings. The fourth-order valence-corrected chi connectivity index (χ4v) is 2.27. The zero-order valence-corrected chi connectivity index (χ0v) is 10.8. The molecule has 1 aliphatic rings. The smallest absolute Gasteiger partial charge is 0.196 e. The van der Waals surface area contributed by atoms with E-state index in [0.717, 1.165) is 30.0 Å². The fourth-order valence-electron chi connectivity index (χ4n) is 2.27. The predicted molar refractivity (Wildman–Crippen MR) is 71.1 cm³/mol. The van der Waals surface area contributed by atoms with Crippen molar-refractivity contribution in [1.82, 2.24) is 0 Å². The summed E-state index contributed by atoms with van der Waals surface area (Å²) in [6, 6.07) is 3.52. The van der Waals surface area contributed by atoms with Crippen LogP contribution in [0.5, 0.6) is 0 Å². The van der Waals surface area contributed by atoms with Crippen LogP contribution in [0.4, 0.5) is 0 Å². The monoisotopic (exact) mass is 255 g/mol. The van der Waals surface area contributed by atoms with Crippen LogP contribution in [0.2, 0.25) is 0 Å². The minimum Gasteiger partial charge on any atom is -0.289 e. The number of carbonyl (C=O) groups is 2. The van der Waals surface area contributed by atoms with E-state index in [-0.39, 0.29) is 17.3 Å². The summed E-state index contributed by atoms with van der Waals surface area (Å²) in [5.74, 6) is -0.667. The second kappa shape index (κ2) is 5.08. The van der Waals surface area contributed by atoms with Crippen molar-refractivity contribution in [3.8, 4) is 0 Å². The van der Waals surface area contributed by atoms with Crippen molar-refractivity contribution in [3.05, 3.63) is 56.6 Å². The van der Waals surface area contributed by atoms with Gasteiger partial charge in [0.05, 0.1) is 5.70 Å². The van der Waals surface area contributed by atoms with Gasteiger partial charge < -0.3 is 0 Å². The average Bonchev–Trinajstić information content (AvgIpc) is 2.43. The summed E-state index contributed by atoms with van der Waals surface area (Å²) >= 11 is 0. The second-order valence-corrected chi connectivity index (χ2v) is 4.29. The van der Waals surface area contributed by atoms with Gasteiger partial charge in [0, 0.05) is 16.0 Å². The highest BCUT2D eigenvalue weighted by molar-refractivity contribution is 6.24. The number of hydrogen-bond donors (Lipinski definition) is 0. The van der Waals surface area contributed by atoms with Gasteiger partial charge in [-0.3, -0.25) is 9.59 Å². The van der Waals surface area contributed by atoms with E-state index in [2.05, 4.69) is 10.0 Å². The number of benzene rings is 1. The minimum atomic E-state index is -0.384. The molecule has 0 amide bonds. The maximum Gasteiger partial charge on any atom is 0.196 e. The molecule has 0 saturated carbocycles. The highest BCUT2D eigenvalue weighted by Gasteiger charge is 2.26. The number of rotatable bonds is 3. The number of hydrogen-bond acceptors (Lipinski definition) is 3. The van der Waals surface area contributed by atoms with Crippen LogP contribution < -0.4 is 0 Å². The Kier molecular flexibility index (Phi) is 3.49. The van der Waals surface area contributed by atoms with Crippen molar-refractivity contribution >= 4 is 11.6 Å². The lowest BCUT2D eigenvalue weighted by atomic mass is 9.87. The molecule has 0 radical (unpaired) electrons. The molecule has 0 aromatic heterocycles. The molecule has 19 heavy (non-hydrogen) atoms. The quantitative estimate of drug-likeness (QED) is 0.471. The van der Waals surface area contributed by atoms with E-state index < -0.39 is 0 Å². The van der Waals surface area contributed by atoms with Gasteiger partial charge in [-0.25, -0.2) is 0 Å². The zero-order valence-electron chi connectivity index (χ0n) is 10.8. The number of aryl methyl sites for hydroxylation is 2. The number of azide groups is 1. The van der Waals surface area contributed by atoms with E-state index in [4.69, 9.17) is 5.53 Å². The zero-order chi connectivity index (χ0) is 14.0. The molecule has 0 aliphatic heterocycles. The summed E-state index contributed by atoms with van der Waals surface area (Å²) in [5.41, 5.74) is 11.1. The fraction of sp³-hybridized carbons (Fsp3) is 0.286. The van der Waals surface area contributed by atoms with Crippen molar-refractivity contribution in [2.75, 3.05) is 0 Å². The van der Waals surface area contributed by atoms with Gasteiger partial charge in [-0.15, -0.1) is 0 Å². The summed E-state index contributed by atoms with van der Waals surface area (Å²) in [5, 5.41) is 3.28. The maximum atomic E-state index is 12.1. The van der Waals surface area contributed by atoms with Crippen LogP contribution in [0.15, 0.2) is 29.0 Å². The number of fused-ring (bicyclic) bond motifs is 1. The highest BCUT2D eigenvalue weighted by atomic mass is 16.1. The lowest BCUT2D eigenvalue weighted by Gasteiger charge is -2.16. The Morgan fingerprint density at radius 3 is 2.21 bits per heavy atom. The molecule has 0 atom stereocenters. The standard InChI is InChI=1S/C14H13N3O2/c1-3-8-5-10-11(6-9(8)4-2)14(19)12(16-17-15)7-13(10)18/h5-7H,3-4H2,1-2H3. The molecule has 0 heterocycles. The third kappa shape index (κ3) is 2.16. The van der Waals surface area contributed by atoms with E-state index in [9.17, 15) is 9.59 Å². The highest BCUT2D eigenvalue weighted by Crippen LogP contribution is 2.26. The summed E-state index contributed by atoms with van der Waals surface area (Å²) in [4.78, 5) is 26.7. The van der Waals surface area contributed by atoms with Crippen LogP contribution in [0.3, 0.4) is 0 Å². The molecule has 0 saturated heterocycles. The average molecular weight is 255 g/mol. The topological polar surface area (TPSA) is 82.9 Å². The van der Waals surface area contributed by atoms with Gasteiger partial charge in [-0.1, -0.05) is 19.0 Å². The van der Waals surface area contributed by atoms with Crippen molar-refractivity contribution in [1.29, 1.82) is 0 Å². The Bertz CT molecular complexity index is 653. The summed E-state index contributed by atoms with van der Waals surface area (Å²) < 4.78 is 0. The van der Waals surface area contributed by atoms with Gasteiger partial charge in [0.15, 0.2) is 11.6 Å². The van der Waals surface area contributed by atoms with E-state index in [0.29, 0.717) is 11.1 Å². The summed E-state index contributed by atoms with van der Waals surface area (Å²) in [7, 11) is 0. The molecule has 1 aromatic carbocycles. The Morgan fingerprint density at radius 2 is 1.68 bits per heavy atom. The first-order valence-corrected chi connectivity index (χ1v) is 6.14. The molecule has 0 unspecified atom stereocenters. The van der Waals surface area contributed by atoms with E-state index >= 15 is 0 Å². The Balaban J connectivity index is 2.65. The molecule has 0 bridgehead atoms. The van der Waals surface area contributed by atoms with Crippen molar-refractivity contribution in [2.24, 2.45) is 5.11 Å². The maximum absolute atomic E-state index is 12.1. The Labute approximate surface area is 110 Å². The molecular weight excluding hydrogens is 242 g/mol. The SMILES string of the molecule is CCc1cc2c(cc1CC)C(=O)C(N=[N+]=[N-])=CC2=O. The molecule has 96 valence electrons. The van der Waals surface area contributed by atoms with E-state index in [1.807, 2.05) is 13.8 Å². The first kappa shape index (κ1) is 13.1. The number of nitrogens with zero attached hydrogens (tertiary/aromatic N) is 3. The minimum absolute atomic E-state index is 0.133. The van der Waals surface area contributed by atoms with E-state index in [1.165, 1.54) is 0 Å². The number of carbonyl (C=O) groups excluding carboxylic acids is 2. The molecule has 2 rings (SSSR count). The molecular formula is C14H13N3O2. The lowest BCUT2D eigenvalue weighted by Crippen LogP contribution is -2.17. The Morgan fingerprint density at radius 1 is 1.11 bits per heavy atom. The third-order valence-electron chi connectivity index (χ3n) is 3.26. The van der Waals surface area contributed by atoms with Gasteiger partial charge in [0.25, 0.3) is 0 Å².